The Hall–Kier alpha value is -2.72. The number of hydrogen-bond acceptors (Lipinski definition) is 6. The summed E-state index contributed by atoms with van der Waals surface area (Å²) < 4.78 is 26.9. The molecule has 1 N–H and O–H groups in total. The summed E-state index contributed by atoms with van der Waals surface area (Å²) in [5.41, 5.74) is -0.891. The van der Waals surface area contributed by atoms with Gasteiger partial charge < -0.3 is 0 Å². The van der Waals surface area contributed by atoms with E-state index < -0.39 is 36.1 Å². The Morgan fingerprint density at radius 3 is 2.25 bits per heavy atom. The summed E-state index contributed by atoms with van der Waals surface area (Å²) in [5, 5.41) is 21.7. The molecule has 11 heteroatoms. The number of nitrogens with zero attached hydrogens (tertiary/aromatic N) is 2. The van der Waals surface area contributed by atoms with Crippen molar-refractivity contribution in [2.24, 2.45) is 0 Å². The van der Waals surface area contributed by atoms with Crippen molar-refractivity contribution in [2.45, 2.75) is 11.8 Å². The zero-order chi connectivity index (χ0) is 18.1. The van der Waals surface area contributed by atoms with Crippen LogP contribution >= 0.6 is 11.6 Å². The molecule has 0 spiro atoms. The minimum Gasteiger partial charge on any atom is -0.273 e. The molecule has 0 aliphatic rings. The zero-order valence-corrected chi connectivity index (χ0v) is 13.7. The van der Waals surface area contributed by atoms with Gasteiger partial charge in [-0.1, -0.05) is 23.7 Å². The van der Waals surface area contributed by atoms with Crippen molar-refractivity contribution >= 4 is 38.7 Å². The lowest BCUT2D eigenvalue weighted by Gasteiger charge is -2.11. The number of nitrogens with one attached hydrogen (secondary N) is 1. The van der Waals surface area contributed by atoms with Crippen LogP contribution < -0.4 is 4.72 Å². The molecular weight excluding hydrogens is 362 g/mol. The van der Waals surface area contributed by atoms with Gasteiger partial charge in [0.25, 0.3) is 21.4 Å². The third kappa shape index (κ3) is 3.44. The van der Waals surface area contributed by atoms with E-state index >= 15 is 0 Å². The molecule has 0 heterocycles. The van der Waals surface area contributed by atoms with Crippen molar-refractivity contribution in [3.05, 3.63) is 67.2 Å². The number of nitro groups is 2. The number of para-hydroxylation sites is 1. The highest BCUT2D eigenvalue weighted by atomic mass is 35.5. The fraction of sp³-hybridized carbons (Fsp3) is 0.0769. The average Bonchev–Trinajstić information content (AvgIpc) is 2.48. The molecule has 0 aliphatic carbocycles. The largest absolute Gasteiger partial charge is 0.293 e. The third-order valence-electron chi connectivity index (χ3n) is 3.11. The van der Waals surface area contributed by atoms with E-state index in [9.17, 15) is 28.6 Å². The Morgan fingerprint density at radius 2 is 1.67 bits per heavy atom. The first kappa shape index (κ1) is 17.6. The number of halogens is 1. The van der Waals surface area contributed by atoms with Crippen LogP contribution in [0.1, 0.15) is 5.56 Å². The molecule has 0 unspecified atom stereocenters. The summed E-state index contributed by atoms with van der Waals surface area (Å²) in [6, 6.07) is 6.99. The van der Waals surface area contributed by atoms with Gasteiger partial charge >= 0.3 is 0 Å². The lowest BCUT2D eigenvalue weighted by Crippen LogP contribution is -2.15. The van der Waals surface area contributed by atoms with Gasteiger partial charge in [-0.2, -0.15) is 0 Å². The molecule has 9 nitrogen and oxygen atoms in total. The van der Waals surface area contributed by atoms with Gasteiger partial charge in [0, 0.05) is 12.1 Å². The van der Waals surface area contributed by atoms with Gasteiger partial charge in [-0.05, 0) is 24.6 Å². The molecule has 24 heavy (non-hydrogen) atoms. The van der Waals surface area contributed by atoms with Crippen LogP contribution in [-0.4, -0.2) is 18.3 Å². The highest BCUT2D eigenvalue weighted by Gasteiger charge is 2.25. The number of benzene rings is 2. The summed E-state index contributed by atoms with van der Waals surface area (Å²) >= 11 is 5.65. The van der Waals surface area contributed by atoms with E-state index in [0.717, 1.165) is 24.3 Å². The van der Waals surface area contributed by atoms with E-state index in [1.807, 2.05) is 0 Å². The summed E-state index contributed by atoms with van der Waals surface area (Å²) in [6.45, 7) is 1.50. The smallest absolute Gasteiger partial charge is 0.273 e. The third-order valence-corrected chi connectivity index (χ3v) is 4.78. The van der Waals surface area contributed by atoms with E-state index in [2.05, 4.69) is 4.72 Å². The first-order valence-corrected chi connectivity index (χ1v) is 8.20. The Balaban J connectivity index is 2.53. The van der Waals surface area contributed by atoms with Gasteiger partial charge in [0.1, 0.15) is 10.7 Å². The van der Waals surface area contributed by atoms with Crippen molar-refractivity contribution in [1.29, 1.82) is 0 Å². The van der Waals surface area contributed by atoms with E-state index in [-0.39, 0.29) is 10.7 Å². The number of sulfonamides is 1. The van der Waals surface area contributed by atoms with E-state index in [1.54, 1.807) is 0 Å². The van der Waals surface area contributed by atoms with Crippen molar-refractivity contribution in [3.8, 4) is 0 Å². The minimum atomic E-state index is -4.28. The van der Waals surface area contributed by atoms with Crippen molar-refractivity contribution in [1.82, 2.24) is 0 Å². The van der Waals surface area contributed by atoms with Gasteiger partial charge in [0.05, 0.1) is 14.7 Å². The van der Waals surface area contributed by atoms with Crippen LogP contribution in [0.2, 0.25) is 5.02 Å². The van der Waals surface area contributed by atoms with Crippen LogP contribution in [0.5, 0.6) is 0 Å². The minimum absolute atomic E-state index is 0.208. The van der Waals surface area contributed by atoms with E-state index in [4.69, 9.17) is 11.6 Å². The van der Waals surface area contributed by atoms with Gasteiger partial charge in [-0.3, -0.25) is 25.0 Å². The summed E-state index contributed by atoms with van der Waals surface area (Å²) in [7, 11) is -4.28. The maximum atomic E-state index is 12.4. The first-order chi connectivity index (χ1) is 11.1. The Labute approximate surface area is 141 Å². The van der Waals surface area contributed by atoms with Crippen LogP contribution in [0.3, 0.4) is 0 Å². The molecule has 0 aromatic heterocycles. The standard InChI is InChI=1S/C13H10ClN3O6S/c1-8-3-2-4-11(16(18)19)13(8)15-24(22,23)9-5-6-10(14)12(7-9)17(20)21/h2-7,15H,1H3. The fourth-order valence-corrected chi connectivity index (χ4v) is 3.28. The molecule has 0 saturated heterocycles. The predicted octanol–water partition coefficient (Wildman–Crippen LogP) is 3.27. The van der Waals surface area contributed by atoms with Gasteiger partial charge in [-0.15, -0.1) is 0 Å². The van der Waals surface area contributed by atoms with Crippen LogP contribution in [-0.2, 0) is 10.0 Å². The van der Waals surface area contributed by atoms with E-state index in [0.29, 0.717) is 5.56 Å². The Kier molecular flexibility index (Phi) is 4.71. The Bertz CT molecular complexity index is 945. The molecule has 0 radical (unpaired) electrons. The molecule has 2 rings (SSSR count). The molecule has 0 aliphatic heterocycles. The van der Waals surface area contributed by atoms with E-state index in [1.165, 1.54) is 19.1 Å². The van der Waals surface area contributed by atoms with Crippen molar-refractivity contribution in [3.63, 3.8) is 0 Å². The van der Waals surface area contributed by atoms with Gasteiger partial charge in [0.15, 0.2) is 0 Å². The molecule has 2 aromatic rings. The second-order valence-electron chi connectivity index (χ2n) is 4.70. The number of anilines is 1. The van der Waals surface area contributed by atoms with Gasteiger partial charge in [0.2, 0.25) is 0 Å². The maximum Gasteiger partial charge on any atom is 0.293 e. The lowest BCUT2D eigenvalue weighted by atomic mass is 10.2. The quantitative estimate of drug-likeness (QED) is 0.633. The second-order valence-corrected chi connectivity index (χ2v) is 6.79. The maximum absolute atomic E-state index is 12.4. The Morgan fingerprint density at radius 1 is 1.04 bits per heavy atom. The lowest BCUT2D eigenvalue weighted by molar-refractivity contribution is -0.384. The molecular formula is C13H10ClN3O6S. The topological polar surface area (TPSA) is 132 Å². The average molecular weight is 372 g/mol. The summed E-state index contributed by atoms with van der Waals surface area (Å²) in [6.07, 6.45) is 0. The SMILES string of the molecule is Cc1cccc([N+](=O)[O-])c1NS(=O)(=O)c1ccc(Cl)c([N+](=O)[O-])c1. The van der Waals surface area contributed by atoms with Crippen LogP contribution in [0.25, 0.3) is 0 Å². The second kappa shape index (κ2) is 6.42. The molecule has 0 saturated carbocycles. The zero-order valence-electron chi connectivity index (χ0n) is 12.1. The molecule has 0 bridgehead atoms. The molecule has 2 aromatic carbocycles. The predicted molar refractivity (Wildman–Crippen MR) is 86.7 cm³/mol. The van der Waals surface area contributed by atoms with Crippen LogP contribution in [0, 0.1) is 27.2 Å². The molecule has 0 fully saturated rings. The van der Waals surface area contributed by atoms with Crippen LogP contribution in [0.4, 0.5) is 17.1 Å². The number of aryl methyl sites for hydroxylation is 1. The van der Waals surface area contributed by atoms with Crippen molar-refractivity contribution < 1.29 is 18.3 Å². The number of nitro benzene ring substituents is 2. The molecule has 0 amide bonds. The number of rotatable bonds is 5. The fourth-order valence-electron chi connectivity index (χ4n) is 1.93. The molecule has 126 valence electrons. The van der Waals surface area contributed by atoms with Gasteiger partial charge in [-0.25, -0.2) is 8.42 Å². The highest BCUT2D eigenvalue weighted by Crippen LogP contribution is 2.32. The normalized spacial score (nSPS) is 11.1. The molecule has 0 atom stereocenters. The summed E-state index contributed by atoms with van der Waals surface area (Å²) in [5.74, 6) is 0. The first-order valence-electron chi connectivity index (χ1n) is 6.34. The highest BCUT2D eigenvalue weighted by molar-refractivity contribution is 7.92. The summed E-state index contributed by atoms with van der Waals surface area (Å²) in [4.78, 5) is 19.9. The number of hydrogen-bond donors (Lipinski definition) is 1. The monoisotopic (exact) mass is 371 g/mol. The van der Waals surface area contributed by atoms with Crippen molar-refractivity contribution in [2.75, 3.05) is 4.72 Å². The van der Waals surface area contributed by atoms with Crippen LogP contribution in [0.15, 0.2) is 41.3 Å².